The molecule has 1 aliphatic heterocycles. The van der Waals surface area contributed by atoms with Crippen LogP contribution in [0.1, 0.15) is 21.7 Å². The zero-order chi connectivity index (χ0) is 14.3. The van der Waals surface area contributed by atoms with E-state index in [1.165, 1.54) is 22.6 Å². The average Bonchev–Trinajstić information content (AvgIpc) is 2.77. The second-order valence-corrected chi connectivity index (χ2v) is 4.81. The van der Waals surface area contributed by atoms with Gasteiger partial charge in [0.25, 0.3) is 5.91 Å². The first-order valence-electron chi connectivity index (χ1n) is 6.00. The van der Waals surface area contributed by atoms with Crippen LogP contribution in [0.5, 0.6) is 0 Å². The first-order chi connectivity index (χ1) is 9.61. The van der Waals surface area contributed by atoms with Crippen molar-refractivity contribution in [3.63, 3.8) is 0 Å². The molecular weight excluding hydrogens is 281 g/mol. The Morgan fingerprint density at radius 3 is 3.00 bits per heavy atom. The average molecular weight is 292 g/mol. The van der Waals surface area contributed by atoms with Gasteiger partial charge >= 0.3 is 0 Å². The molecule has 0 spiro atoms. The maximum absolute atomic E-state index is 13.4. The summed E-state index contributed by atoms with van der Waals surface area (Å²) < 4.78 is 15.2. The van der Waals surface area contributed by atoms with Crippen molar-refractivity contribution in [2.75, 3.05) is 7.05 Å². The van der Waals surface area contributed by atoms with E-state index < -0.39 is 5.82 Å². The zero-order valence-corrected chi connectivity index (χ0v) is 11.4. The van der Waals surface area contributed by atoms with Gasteiger partial charge in [0.1, 0.15) is 12.1 Å². The Kier molecular flexibility index (Phi) is 3.06. The van der Waals surface area contributed by atoms with Crippen LogP contribution >= 0.6 is 11.6 Å². The SMILES string of the molecule is CN1Cc2c(/C=C\Cl)ncn2-c2ccc(F)cc2C1=O. The van der Waals surface area contributed by atoms with Gasteiger partial charge in [-0.3, -0.25) is 4.79 Å². The standard InChI is InChI=1S/C14H11ClFN3O/c1-18-7-13-11(4-5-15)17-8-19(13)12-3-2-9(16)6-10(12)14(18)20/h2-6,8H,7H2,1H3/b5-4-. The molecule has 2 heterocycles. The summed E-state index contributed by atoms with van der Waals surface area (Å²) in [6.45, 7) is 0.381. The monoisotopic (exact) mass is 291 g/mol. The summed E-state index contributed by atoms with van der Waals surface area (Å²) >= 11 is 5.60. The molecule has 1 amide bonds. The molecule has 1 aromatic carbocycles. The molecule has 1 aromatic heterocycles. The van der Waals surface area contributed by atoms with Gasteiger partial charge in [-0.1, -0.05) is 11.6 Å². The highest BCUT2D eigenvalue weighted by Gasteiger charge is 2.25. The largest absolute Gasteiger partial charge is 0.336 e. The van der Waals surface area contributed by atoms with Gasteiger partial charge in [0, 0.05) is 12.6 Å². The van der Waals surface area contributed by atoms with Crippen LogP contribution < -0.4 is 0 Å². The van der Waals surface area contributed by atoms with Crippen molar-refractivity contribution in [2.45, 2.75) is 6.54 Å². The molecule has 0 saturated carbocycles. The molecule has 2 aromatic rings. The van der Waals surface area contributed by atoms with Crippen LogP contribution in [-0.4, -0.2) is 27.4 Å². The van der Waals surface area contributed by atoms with E-state index in [4.69, 9.17) is 11.6 Å². The molecule has 0 fully saturated rings. The van der Waals surface area contributed by atoms with Gasteiger partial charge in [0.15, 0.2) is 0 Å². The smallest absolute Gasteiger partial charge is 0.256 e. The quantitative estimate of drug-likeness (QED) is 0.810. The fraction of sp³-hybridized carbons (Fsp3) is 0.143. The molecule has 0 unspecified atom stereocenters. The van der Waals surface area contributed by atoms with Crippen LogP contribution in [0.25, 0.3) is 11.8 Å². The summed E-state index contributed by atoms with van der Waals surface area (Å²) in [7, 11) is 1.67. The summed E-state index contributed by atoms with van der Waals surface area (Å²) in [6, 6.07) is 4.17. The van der Waals surface area contributed by atoms with E-state index in [-0.39, 0.29) is 5.91 Å². The molecule has 0 atom stereocenters. The highest BCUT2D eigenvalue weighted by molar-refractivity contribution is 6.27. The highest BCUT2D eigenvalue weighted by Crippen LogP contribution is 2.26. The van der Waals surface area contributed by atoms with Crippen LogP contribution in [0.2, 0.25) is 0 Å². The van der Waals surface area contributed by atoms with Crippen LogP contribution in [0.4, 0.5) is 4.39 Å². The molecule has 3 rings (SSSR count). The Morgan fingerprint density at radius 2 is 2.25 bits per heavy atom. The van der Waals surface area contributed by atoms with Gasteiger partial charge in [-0.05, 0) is 24.3 Å². The van der Waals surface area contributed by atoms with Crippen LogP contribution in [0.3, 0.4) is 0 Å². The van der Waals surface area contributed by atoms with Gasteiger partial charge in [0.05, 0.1) is 29.2 Å². The molecular formula is C14H11ClFN3O. The van der Waals surface area contributed by atoms with Gasteiger partial charge < -0.3 is 9.47 Å². The molecule has 4 nitrogen and oxygen atoms in total. The topological polar surface area (TPSA) is 38.1 Å². The summed E-state index contributed by atoms with van der Waals surface area (Å²) in [5.41, 5.74) is 3.85. The molecule has 20 heavy (non-hydrogen) atoms. The summed E-state index contributed by atoms with van der Waals surface area (Å²) in [4.78, 5) is 18.1. The van der Waals surface area contributed by atoms with Gasteiger partial charge in [-0.25, -0.2) is 9.37 Å². The Bertz CT molecular complexity index is 723. The lowest BCUT2D eigenvalue weighted by molar-refractivity contribution is 0.0787. The Hall–Kier alpha value is -2.14. The number of hydrogen-bond donors (Lipinski definition) is 0. The Labute approximate surface area is 120 Å². The number of halogens is 2. The van der Waals surface area contributed by atoms with Crippen molar-refractivity contribution in [3.8, 4) is 5.69 Å². The van der Waals surface area contributed by atoms with E-state index in [0.717, 1.165) is 5.69 Å². The molecule has 0 N–H and O–H groups in total. The number of benzene rings is 1. The molecule has 1 aliphatic rings. The maximum Gasteiger partial charge on any atom is 0.256 e. The fourth-order valence-corrected chi connectivity index (χ4v) is 2.46. The predicted molar refractivity (Wildman–Crippen MR) is 74.2 cm³/mol. The first kappa shape index (κ1) is 12.9. The summed E-state index contributed by atoms with van der Waals surface area (Å²) in [5, 5.41) is 0. The van der Waals surface area contributed by atoms with Crippen LogP contribution in [0.15, 0.2) is 30.1 Å². The lowest BCUT2D eigenvalue weighted by Crippen LogP contribution is -2.25. The molecule has 102 valence electrons. The highest BCUT2D eigenvalue weighted by atomic mass is 35.5. The van der Waals surface area contributed by atoms with Crippen molar-refractivity contribution in [2.24, 2.45) is 0 Å². The van der Waals surface area contributed by atoms with Crippen molar-refractivity contribution in [3.05, 3.63) is 52.8 Å². The van der Waals surface area contributed by atoms with E-state index in [2.05, 4.69) is 4.98 Å². The van der Waals surface area contributed by atoms with Gasteiger partial charge in [0.2, 0.25) is 0 Å². The lowest BCUT2D eigenvalue weighted by atomic mass is 10.1. The third kappa shape index (κ3) is 1.91. The minimum atomic E-state index is -0.435. The number of fused-ring (bicyclic) bond motifs is 3. The second kappa shape index (κ2) is 4.76. The van der Waals surface area contributed by atoms with Crippen LogP contribution in [0, 0.1) is 5.82 Å². The van der Waals surface area contributed by atoms with E-state index in [1.807, 2.05) is 0 Å². The van der Waals surface area contributed by atoms with E-state index >= 15 is 0 Å². The first-order valence-corrected chi connectivity index (χ1v) is 6.44. The summed E-state index contributed by atoms with van der Waals surface area (Å²) in [6.07, 6.45) is 3.28. The number of carbonyl (C=O) groups excluding carboxylic acids is 1. The Balaban J connectivity index is 2.28. The molecule has 0 aliphatic carbocycles. The molecule has 0 saturated heterocycles. The van der Waals surface area contributed by atoms with Crippen molar-refractivity contribution in [1.29, 1.82) is 0 Å². The second-order valence-electron chi connectivity index (χ2n) is 4.56. The number of imidazole rings is 1. The number of amides is 1. The summed E-state index contributed by atoms with van der Waals surface area (Å²) in [5.74, 6) is -0.654. The van der Waals surface area contributed by atoms with E-state index in [0.29, 0.717) is 23.5 Å². The molecule has 6 heteroatoms. The van der Waals surface area contributed by atoms with E-state index in [9.17, 15) is 9.18 Å². The number of carbonyl (C=O) groups is 1. The third-order valence-electron chi connectivity index (χ3n) is 3.30. The van der Waals surface area contributed by atoms with Crippen molar-refractivity contribution in [1.82, 2.24) is 14.5 Å². The third-order valence-corrected chi connectivity index (χ3v) is 3.43. The number of hydrogen-bond acceptors (Lipinski definition) is 2. The van der Waals surface area contributed by atoms with E-state index in [1.54, 1.807) is 30.1 Å². The van der Waals surface area contributed by atoms with Crippen molar-refractivity contribution < 1.29 is 9.18 Å². The zero-order valence-electron chi connectivity index (χ0n) is 10.7. The van der Waals surface area contributed by atoms with Crippen LogP contribution in [-0.2, 0) is 6.54 Å². The van der Waals surface area contributed by atoms with Crippen molar-refractivity contribution >= 4 is 23.6 Å². The predicted octanol–water partition coefficient (Wildman–Crippen LogP) is 2.81. The van der Waals surface area contributed by atoms with Gasteiger partial charge in [-0.15, -0.1) is 0 Å². The maximum atomic E-state index is 13.4. The van der Waals surface area contributed by atoms with Gasteiger partial charge in [-0.2, -0.15) is 0 Å². The molecule has 0 radical (unpaired) electrons. The number of nitrogens with zero attached hydrogens (tertiary/aromatic N) is 3. The lowest BCUT2D eigenvalue weighted by Gasteiger charge is -2.14. The minimum Gasteiger partial charge on any atom is -0.336 e. The Morgan fingerprint density at radius 1 is 1.45 bits per heavy atom. The number of rotatable bonds is 1. The molecule has 0 bridgehead atoms. The number of aromatic nitrogens is 2. The normalized spacial score (nSPS) is 14.3. The minimum absolute atomic E-state index is 0.219. The fourth-order valence-electron chi connectivity index (χ4n) is 2.34.